The second-order valence-corrected chi connectivity index (χ2v) is 7.00. The number of benzene rings is 2. The Morgan fingerprint density at radius 2 is 1.78 bits per heavy atom. The number of aryl methyl sites for hydroxylation is 1. The Morgan fingerprint density at radius 3 is 2.48 bits per heavy atom. The van der Waals surface area contributed by atoms with Crippen molar-refractivity contribution in [2.75, 3.05) is 5.32 Å². The molecule has 2 aromatic carbocycles. The van der Waals surface area contributed by atoms with Crippen molar-refractivity contribution in [1.29, 1.82) is 0 Å². The van der Waals surface area contributed by atoms with Crippen molar-refractivity contribution < 1.29 is 5.11 Å². The Morgan fingerprint density at radius 1 is 1.07 bits per heavy atom. The minimum atomic E-state index is -0.138. The summed E-state index contributed by atoms with van der Waals surface area (Å²) in [4.78, 5) is 4.50. The number of nitrogens with one attached hydrogen (secondary N) is 1. The van der Waals surface area contributed by atoms with Gasteiger partial charge in [-0.15, -0.1) is 0 Å². The number of phenols is 1. The van der Waals surface area contributed by atoms with E-state index in [1.807, 2.05) is 31.2 Å². The Balaban J connectivity index is 1.69. The SMILES string of the molecule is Cc1nn(-c2cc(Cl)c(O)c(Cl)c2)c2cnc(NCc3ccccc3)cc12. The topological polar surface area (TPSA) is 63.0 Å². The highest BCUT2D eigenvalue weighted by Crippen LogP contribution is 2.35. The predicted octanol–water partition coefficient (Wildman–Crippen LogP) is 5.35. The summed E-state index contributed by atoms with van der Waals surface area (Å²) in [5.74, 6) is 0.636. The lowest BCUT2D eigenvalue weighted by molar-refractivity contribution is 0.475. The molecule has 0 fully saturated rings. The Hall–Kier alpha value is -2.76. The zero-order valence-corrected chi connectivity index (χ0v) is 16.0. The van der Waals surface area contributed by atoms with Crippen LogP contribution in [-0.2, 0) is 6.54 Å². The molecule has 2 N–H and O–H groups in total. The molecule has 2 heterocycles. The largest absolute Gasteiger partial charge is 0.505 e. The Bertz CT molecular complexity index is 1100. The van der Waals surface area contributed by atoms with Gasteiger partial charge in [0.05, 0.1) is 33.1 Å². The zero-order valence-electron chi connectivity index (χ0n) is 14.4. The van der Waals surface area contributed by atoms with Crippen LogP contribution in [0.4, 0.5) is 5.82 Å². The fourth-order valence-electron chi connectivity index (χ4n) is 2.92. The summed E-state index contributed by atoms with van der Waals surface area (Å²) in [6.45, 7) is 2.62. The number of aromatic hydroxyl groups is 1. The first-order valence-corrected chi connectivity index (χ1v) is 9.10. The summed E-state index contributed by atoms with van der Waals surface area (Å²) in [7, 11) is 0. The number of halogens is 2. The Labute approximate surface area is 166 Å². The zero-order chi connectivity index (χ0) is 19.0. The van der Waals surface area contributed by atoms with Crippen LogP contribution in [0, 0.1) is 6.92 Å². The lowest BCUT2D eigenvalue weighted by Gasteiger charge is -2.08. The molecule has 4 rings (SSSR count). The van der Waals surface area contributed by atoms with Crippen LogP contribution < -0.4 is 5.32 Å². The molecule has 0 saturated carbocycles. The highest BCUT2D eigenvalue weighted by molar-refractivity contribution is 6.37. The molecule has 0 aliphatic rings. The van der Waals surface area contributed by atoms with Crippen LogP contribution in [-0.4, -0.2) is 19.9 Å². The molecule has 5 nitrogen and oxygen atoms in total. The summed E-state index contributed by atoms with van der Waals surface area (Å²) in [6.07, 6.45) is 1.76. The fourth-order valence-corrected chi connectivity index (χ4v) is 3.40. The number of hydrogen-bond donors (Lipinski definition) is 2. The molecule has 0 atom stereocenters. The standard InChI is InChI=1S/C20H16Cl2N4O/c1-12-15-9-19(23-10-13-5-3-2-4-6-13)24-11-18(15)26(25-12)14-7-16(21)20(27)17(22)8-14/h2-9,11,27H,10H2,1H3,(H,23,24). The van der Waals surface area contributed by atoms with Crippen LogP contribution in [0.15, 0.2) is 54.7 Å². The fraction of sp³-hybridized carbons (Fsp3) is 0.100. The monoisotopic (exact) mass is 398 g/mol. The minimum Gasteiger partial charge on any atom is -0.505 e. The first kappa shape index (κ1) is 17.6. The van der Waals surface area contributed by atoms with Crippen LogP contribution in [0.25, 0.3) is 16.6 Å². The number of nitrogens with zero attached hydrogens (tertiary/aromatic N) is 3. The molecule has 0 radical (unpaired) electrons. The van der Waals surface area contributed by atoms with E-state index in [1.54, 1.807) is 23.0 Å². The number of aromatic nitrogens is 3. The molecular formula is C20H16Cl2N4O. The highest BCUT2D eigenvalue weighted by Gasteiger charge is 2.14. The van der Waals surface area contributed by atoms with Gasteiger partial charge in [-0.25, -0.2) is 9.67 Å². The number of phenolic OH excluding ortho intramolecular Hbond substituents is 1. The molecular weight excluding hydrogens is 383 g/mol. The van der Waals surface area contributed by atoms with E-state index in [4.69, 9.17) is 23.2 Å². The molecule has 2 aromatic heterocycles. The number of pyridine rings is 1. The van der Waals surface area contributed by atoms with Crippen molar-refractivity contribution in [2.24, 2.45) is 0 Å². The molecule has 0 unspecified atom stereocenters. The quantitative estimate of drug-likeness (QED) is 0.485. The first-order valence-electron chi connectivity index (χ1n) is 8.34. The first-order chi connectivity index (χ1) is 13.0. The third-order valence-corrected chi connectivity index (χ3v) is 4.89. The third-order valence-electron chi connectivity index (χ3n) is 4.31. The van der Waals surface area contributed by atoms with Crippen molar-refractivity contribution in [2.45, 2.75) is 13.5 Å². The van der Waals surface area contributed by atoms with Crippen LogP contribution in [0.5, 0.6) is 5.75 Å². The number of fused-ring (bicyclic) bond motifs is 1. The second kappa shape index (κ2) is 7.10. The van der Waals surface area contributed by atoms with Gasteiger partial charge in [0.25, 0.3) is 0 Å². The molecule has 0 spiro atoms. The smallest absolute Gasteiger partial charge is 0.152 e. The normalized spacial score (nSPS) is 11.1. The molecule has 27 heavy (non-hydrogen) atoms. The van der Waals surface area contributed by atoms with Gasteiger partial charge in [0.15, 0.2) is 5.75 Å². The van der Waals surface area contributed by atoms with Gasteiger partial charge in [0, 0.05) is 11.9 Å². The number of anilines is 1. The van der Waals surface area contributed by atoms with Crippen molar-refractivity contribution in [3.8, 4) is 11.4 Å². The van der Waals surface area contributed by atoms with Gasteiger partial charge in [-0.3, -0.25) is 0 Å². The molecule has 4 aromatic rings. The van der Waals surface area contributed by atoms with Crippen molar-refractivity contribution >= 4 is 39.9 Å². The van der Waals surface area contributed by atoms with Gasteiger partial charge in [-0.2, -0.15) is 5.10 Å². The number of hydrogen-bond acceptors (Lipinski definition) is 4. The van der Waals surface area contributed by atoms with E-state index in [2.05, 4.69) is 27.5 Å². The van der Waals surface area contributed by atoms with E-state index in [0.29, 0.717) is 12.2 Å². The van der Waals surface area contributed by atoms with E-state index >= 15 is 0 Å². The molecule has 0 bridgehead atoms. The lowest BCUT2D eigenvalue weighted by atomic mass is 10.2. The second-order valence-electron chi connectivity index (χ2n) is 6.18. The summed E-state index contributed by atoms with van der Waals surface area (Å²) in [5.41, 5.74) is 3.53. The van der Waals surface area contributed by atoms with E-state index in [0.717, 1.165) is 22.4 Å². The maximum atomic E-state index is 9.77. The average Bonchev–Trinajstić information content (AvgIpc) is 3.01. The molecule has 0 aliphatic carbocycles. The van der Waals surface area contributed by atoms with Crippen molar-refractivity contribution in [3.05, 3.63) is 76.0 Å². The highest BCUT2D eigenvalue weighted by atomic mass is 35.5. The molecule has 7 heteroatoms. The van der Waals surface area contributed by atoms with E-state index in [9.17, 15) is 5.11 Å². The summed E-state index contributed by atoms with van der Waals surface area (Å²) in [5, 5.41) is 19.0. The van der Waals surface area contributed by atoms with Gasteiger partial charge in [0.2, 0.25) is 0 Å². The van der Waals surface area contributed by atoms with Gasteiger partial charge >= 0.3 is 0 Å². The van der Waals surface area contributed by atoms with Crippen LogP contribution in [0.3, 0.4) is 0 Å². The molecule has 0 amide bonds. The van der Waals surface area contributed by atoms with Crippen LogP contribution in [0.1, 0.15) is 11.3 Å². The molecule has 136 valence electrons. The van der Waals surface area contributed by atoms with E-state index in [1.165, 1.54) is 5.56 Å². The maximum absolute atomic E-state index is 9.77. The maximum Gasteiger partial charge on any atom is 0.152 e. The van der Waals surface area contributed by atoms with E-state index < -0.39 is 0 Å². The lowest BCUT2D eigenvalue weighted by Crippen LogP contribution is -2.01. The van der Waals surface area contributed by atoms with Crippen molar-refractivity contribution in [3.63, 3.8) is 0 Å². The predicted molar refractivity (Wildman–Crippen MR) is 109 cm³/mol. The van der Waals surface area contributed by atoms with Gasteiger partial charge in [-0.1, -0.05) is 53.5 Å². The molecule has 0 aliphatic heterocycles. The van der Waals surface area contributed by atoms with E-state index in [-0.39, 0.29) is 15.8 Å². The summed E-state index contributed by atoms with van der Waals surface area (Å²) in [6, 6.07) is 15.4. The van der Waals surface area contributed by atoms with Crippen molar-refractivity contribution in [1.82, 2.24) is 14.8 Å². The Kier molecular flexibility index (Phi) is 4.64. The number of rotatable bonds is 4. The average molecular weight is 399 g/mol. The van der Waals surface area contributed by atoms with Crippen LogP contribution in [0.2, 0.25) is 10.0 Å². The van der Waals surface area contributed by atoms with Crippen LogP contribution >= 0.6 is 23.2 Å². The van der Waals surface area contributed by atoms with Gasteiger partial charge < -0.3 is 10.4 Å². The summed E-state index contributed by atoms with van der Waals surface area (Å²) >= 11 is 12.1. The molecule has 0 saturated heterocycles. The van der Waals surface area contributed by atoms with Gasteiger partial charge in [0.1, 0.15) is 5.82 Å². The summed E-state index contributed by atoms with van der Waals surface area (Å²) < 4.78 is 1.72. The minimum absolute atomic E-state index is 0.138. The van der Waals surface area contributed by atoms with Gasteiger partial charge in [-0.05, 0) is 30.7 Å². The third kappa shape index (κ3) is 3.44.